The summed E-state index contributed by atoms with van der Waals surface area (Å²) in [7, 11) is 1.50. The Morgan fingerprint density at radius 1 is 1.42 bits per heavy atom. The van der Waals surface area contributed by atoms with E-state index in [1.807, 2.05) is 0 Å². The van der Waals surface area contributed by atoms with Crippen molar-refractivity contribution in [3.63, 3.8) is 0 Å². The fraction of sp³-hybridized carbons (Fsp3) is 0.273. The number of hydrogen-bond acceptors (Lipinski definition) is 5. The molecule has 0 aliphatic heterocycles. The molecule has 100 valence electrons. The highest BCUT2D eigenvalue weighted by molar-refractivity contribution is 6.59. The standard InChI is InChI=1S/C11H14BN3O4/c1-14-7-13-15(11(14)16)6-8-5-9(19-2)3-4-10(8)12(17)18/h3-5,7,17-18H,6H2,1-2H3. The predicted octanol–water partition coefficient (Wildman–Crippen LogP) is -1.68. The van der Waals surface area contributed by atoms with Gasteiger partial charge >= 0.3 is 12.8 Å². The van der Waals surface area contributed by atoms with Crippen molar-refractivity contribution in [2.45, 2.75) is 6.54 Å². The molecule has 0 aliphatic carbocycles. The summed E-state index contributed by atoms with van der Waals surface area (Å²) in [5.74, 6) is 0.573. The van der Waals surface area contributed by atoms with E-state index in [9.17, 15) is 14.8 Å². The highest BCUT2D eigenvalue weighted by Gasteiger charge is 2.17. The molecule has 0 unspecified atom stereocenters. The minimum Gasteiger partial charge on any atom is -0.497 e. The molecule has 0 spiro atoms. The molecule has 7 nitrogen and oxygen atoms in total. The third kappa shape index (κ3) is 2.69. The number of hydrogen-bond donors (Lipinski definition) is 2. The zero-order valence-electron chi connectivity index (χ0n) is 10.6. The molecule has 2 aromatic rings. The molecule has 1 aromatic carbocycles. The molecular weight excluding hydrogens is 249 g/mol. The first-order chi connectivity index (χ1) is 9.02. The van der Waals surface area contributed by atoms with Crippen LogP contribution in [0.4, 0.5) is 0 Å². The zero-order valence-corrected chi connectivity index (χ0v) is 10.6. The van der Waals surface area contributed by atoms with E-state index in [1.165, 1.54) is 22.7 Å². The van der Waals surface area contributed by atoms with Gasteiger partial charge in [0.1, 0.15) is 12.1 Å². The highest BCUT2D eigenvalue weighted by atomic mass is 16.5. The molecule has 0 radical (unpaired) electrons. The maximum atomic E-state index is 11.7. The van der Waals surface area contributed by atoms with Gasteiger partial charge in [0.05, 0.1) is 13.7 Å². The molecule has 2 rings (SSSR count). The van der Waals surface area contributed by atoms with E-state index >= 15 is 0 Å². The van der Waals surface area contributed by atoms with Gasteiger partial charge in [-0.05, 0) is 23.2 Å². The number of ether oxygens (including phenoxy) is 1. The summed E-state index contributed by atoms with van der Waals surface area (Å²) in [4.78, 5) is 11.7. The Bertz CT molecular complexity index is 635. The van der Waals surface area contributed by atoms with Crippen LogP contribution in [0.5, 0.6) is 5.75 Å². The summed E-state index contributed by atoms with van der Waals surface area (Å²) in [6, 6.07) is 4.82. The van der Waals surface area contributed by atoms with Crippen LogP contribution in [0.25, 0.3) is 0 Å². The van der Waals surface area contributed by atoms with Crippen LogP contribution >= 0.6 is 0 Å². The first-order valence-electron chi connectivity index (χ1n) is 5.64. The lowest BCUT2D eigenvalue weighted by Gasteiger charge is -2.10. The van der Waals surface area contributed by atoms with Crippen LogP contribution in [0.15, 0.2) is 29.3 Å². The largest absolute Gasteiger partial charge is 0.497 e. The molecule has 0 bridgehead atoms. The second-order valence-corrected chi connectivity index (χ2v) is 4.12. The molecule has 8 heteroatoms. The molecule has 0 fully saturated rings. The normalized spacial score (nSPS) is 10.5. The quantitative estimate of drug-likeness (QED) is 0.643. The summed E-state index contributed by atoms with van der Waals surface area (Å²) in [5, 5.41) is 22.6. The maximum Gasteiger partial charge on any atom is 0.488 e. The van der Waals surface area contributed by atoms with E-state index < -0.39 is 7.12 Å². The SMILES string of the molecule is COc1ccc(B(O)O)c(Cn2ncn(C)c2=O)c1. The molecular formula is C11H14BN3O4. The summed E-state index contributed by atoms with van der Waals surface area (Å²) in [6.07, 6.45) is 1.40. The van der Waals surface area contributed by atoms with Crippen LogP contribution in [0.3, 0.4) is 0 Å². The summed E-state index contributed by atoms with van der Waals surface area (Å²) in [6.45, 7) is 0.143. The predicted molar refractivity (Wildman–Crippen MR) is 69.4 cm³/mol. The van der Waals surface area contributed by atoms with E-state index in [-0.39, 0.29) is 12.2 Å². The van der Waals surface area contributed by atoms with Crippen molar-refractivity contribution in [2.24, 2.45) is 7.05 Å². The number of aryl methyl sites for hydroxylation is 1. The van der Waals surface area contributed by atoms with Gasteiger partial charge in [0, 0.05) is 7.05 Å². The Morgan fingerprint density at radius 3 is 2.68 bits per heavy atom. The third-order valence-corrected chi connectivity index (χ3v) is 2.84. The minimum atomic E-state index is -1.61. The van der Waals surface area contributed by atoms with Crippen molar-refractivity contribution in [3.8, 4) is 5.75 Å². The van der Waals surface area contributed by atoms with Crippen molar-refractivity contribution in [3.05, 3.63) is 40.6 Å². The lowest BCUT2D eigenvalue weighted by molar-refractivity contribution is 0.413. The first-order valence-corrected chi connectivity index (χ1v) is 5.64. The molecule has 0 aliphatic rings. The van der Waals surface area contributed by atoms with Crippen molar-refractivity contribution >= 4 is 12.6 Å². The summed E-state index contributed by atoms with van der Waals surface area (Å²) < 4.78 is 7.67. The van der Waals surface area contributed by atoms with E-state index in [2.05, 4.69) is 5.10 Å². The van der Waals surface area contributed by atoms with E-state index in [4.69, 9.17) is 4.74 Å². The van der Waals surface area contributed by atoms with Crippen molar-refractivity contribution in [2.75, 3.05) is 7.11 Å². The van der Waals surface area contributed by atoms with Gasteiger partial charge in [0.2, 0.25) is 0 Å². The molecule has 0 atom stereocenters. The van der Waals surface area contributed by atoms with Crippen molar-refractivity contribution in [1.29, 1.82) is 0 Å². The van der Waals surface area contributed by atoms with Gasteiger partial charge in [-0.3, -0.25) is 4.57 Å². The van der Waals surface area contributed by atoms with Crippen LogP contribution in [0.2, 0.25) is 0 Å². The van der Waals surface area contributed by atoms with Gasteiger partial charge in [-0.15, -0.1) is 0 Å². The topological polar surface area (TPSA) is 89.5 Å². The van der Waals surface area contributed by atoms with Gasteiger partial charge in [0.25, 0.3) is 0 Å². The molecule has 0 saturated heterocycles. The van der Waals surface area contributed by atoms with Gasteiger partial charge in [0.15, 0.2) is 0 Å². The lowest BCUT2D eigenvalue weighted by Crippen LogP contribution is -2.35. The molecule has 1 aromatic heterocycles. The number of aromatic nitrogens is 3. The van der Waals surface area contributed by atoms with Crippen LogP contribution < -0.4 is 15.9 Å². The van der Waals surface area contributed by atoms with Crippen LogP contribution in [0.1, 0.15) is 5.56 Å². The van der Waals surface area contributed by atoms with E-state index in [0.717, 1.165) is 0 Å². The molecule has 19 heavy (non-hydrogen) atoms. The number of benzene rings is 1. The second-order valence-electron chi connectivity index (χ2n) is 4.12. The molecule has 2 N–H and O–H groups in total. The van der Waals surface area contributed by atoms with Gasteiger partial charge < -0.3 is 14.8 Å². The average molecular weight is 263 g/mol. The second kappa shape index (κ2) is 5.29. The van der Waals surface area contributed by atoms with E-state index in [1.54, 1.807) is 25.2 Å². The smallest absolute Gasteiger partial charge is 0.488 e. The molecule has 0 amide bonds. The summed E-state index contributed by atoms with van der Waals surface area (Å²) >= 11 is 0. The fourth-order valence-electron chi connectivity index (χ4n) is 1.79. The van der Waals surface area contributed by atoms with Crippen LogP contribution in [-0.2, 0) is 13.6 Å². The Kier molecular flexibility index (Phi) is 3.73. The van der Waals surface area contributed by atoms with Crippen molar-refractivity contribution in [1.82, 2.24) is 14.3 Å². The van der Waals surface area contributed by atoms with Gasteiger partial charge in [-0.2, -0.15) is 5.10 Å². The Hall–Kier alpha value is -2.06. The number of methoxy groups -OCH3 is 1. The van der Waals surface area contributed by atoms with Crippen molar-refractivity contribution < 1.29 is 14.8 Å². The Balaban J connectivity index is 2.42. The molecule has 0 saturated carbocycles. The minimum absolute atomic E-state index is 0.143. The Morgan fingerprint density at radius 2 is 2.16 bits per heavy atom. The van der Waals surface area contributed by atoms with Crippen LogP contribution in [-0.4, -0.2) is 38.6 Å². The monoisotopic (exact) mass is 263 g/mol. The Labute approximate surface area is 109 Å². The number of nitrogens with zero attached hydrogens (tertiary/aromatic N) is 3. The molecule has 1 heterocycles. The van der Waals surface area contributed by atoms with Crippen LogP contribution in [0, 0.1) is 0 Å². The van der Waals surface area contributed by atoms with Gasteiger partial charge in [-0.25, -0.2) is 9.48 Å². The van der Waals surface area contributed by atoms with Gasteiger partial charge in [-0.1, -0.05) is 6.07 Å². The number of rotatable bonds is 4. The summed E-state index contributed by atoms with van der Waals surface area (Å²) in [5.41, 5.74) is 0.606. The third-order valence-electron chi connectivity index (χ3n) is 2.84. The zero-order chi connectivity index (χ0) is 14.0. The fourth-order valence-corrected chi connectivity index (χ4v) is 1.79. The lowest BCUT2D eigenvalue weighted by atomic mass is 9.77. The maximum absolute atomic E-state index is 11.7. The first kappa shape index (κ1) is 13.4. The van der Waals surface area contributed by atoms with E-state index in [0.29, 0.717) is 16.8 Å². The average Bonchev–Trinajstić information content (AvgIpc) is 2.70. The highest BCUT2D eigenvalue weighted by Crippen LogP contribution is 2.12.